The van der Waals surface area contributed by atoms with E-state index >= 15 is 0 Å². The molecule has 0 bridgehead atoms. The first-order valence-electron chi connectivity index (χ1n) is 8.31. The zero-order valence-electron chi connectivity index (χ0n) is 15.5. The van der Waals surface area contributed by atoms with Crippen LogP contribution in [0.5, 0.6) is 0 Å². The molecule has 1 saturated heterocycles. The van der Waals surface area contributed by atoms with Crippen molar-refractivity contribution in [3.63, 3.8) is 0 Å². The van der Waals surface area contributed by atoms with Crippen LogP contribution in [0.2, 0.25) is 0 Å². The minimum atomic E-state index is -3.74. The number of carbonyl (C=O) groups excluding carboxylic acids is 1. The number of carbonyl (C=O) groups is 1. The highest BCUT2D eigenvalue weighted by atomic mass is 35.5. The summed E-state index contributed by atoms with van der Waals surface area (Å²) in [5.41, 5.74) is 5.67. The standard InChI is InChI=1S/C17H27N3O4S.ClH/c1-17(2,12-18)13-19(3)16(21)14-6-4-5-7-15(14)25(22,23)20-8-10-24-11-9-20;/h4-7H,8-13,18H2,1-3H3;1H. The van der Waals surface area contributed by atoms with Crippen molar-refractivity contribution in [1.82, 2.24) is 9.21 Å². The van der Waals surface area contributed by atoms with Gasteiger partial charge in [0, 0.05) is 26.7 Å². The summed E-state index contributed by atoms with van der Waals surface area (Å²) in [6, 6.07) is 6.35. The molecule has 1 aromatic carbocycles. The average molecular weight is 406 g/mol. The summed E-state index contributed by atoms with van der Waals surface area (Å²) >= 11 is 0. The number of hydrogen-bond donors (Lipinski definition) is 1. The molecular formula is C17H28ClN3O4S. The van der Waals surface area contributed by atoms with Crippen LogP contribution in [0.4, 0.5) is 0 Å². The van der Waals surface area contributed by atoms with Crippen molar-refractivity contribution < 1.29 is 17.9 Å². The Kier molecular flexibility index (Phi) is 8.04. The molecule has 0 unspecified atom stereocenters. The monoisotopic (exact) mass is 405 g/mol. The molecule has 0 atom stereocenters. The molecule has 0 spiro atoms. The Balaban J connectivity index is 0.00000338. The summed E-state index contributed by atoms with van der Waals surface area (Å²) in [6.45, 7) is 6.11. The highest BCUT2D eigenvalue weighted by molar-refractivity contribution is 7.89. The predicted octanol–water partition coefficient (Wildman–Crippen LogP) is 1.19. The molecule has 0 radical (unpaired) electrons. The van der Waals surface area contributed by atoms with Gasteiger partial charge in [-0.15, -0.1) is 12.4 Å². The summed E-state index contributed by atoms with van der Waals surface area (Å²) in [5.74, 6) is -0.325. The normalized spacial score (nSPS) is 16.0. The Labute approximate surface area is 161 Å². The molecule has 2 N–H and O–H groups in total. The number of ether oxygens (including phenoxy) is 1. The predicted molar refractivity (Wildman–Crippen MR) is 103 cm³/mol. The van der Waals surface area contributed by atoms with Crippen LogP contribution in [0.3, 0.4) is 0 Å². The zero-order chi connectivity index (χ0) is 18.7. The van der Waals surface area contributed by atoms with Gasteiger partial charge in [0.15, 0.2) is 0 Å². The van der Waals surface area contributed by atoms with E-state index < -0.39 is 10.0 Å². The van der Waals surface area contributed by atoms with Gasteiger partial charge in [0.1, 0.15) is 0 Å². The number of sulfonamides is 1. The molecule has 9 heteroatoms. The molecule has 0 saturated carbocycles. The fourth-order valence-electron chi connectivity index (χ4n) is 2.78. The van der Waals surface area contributed by atoms with Gasteiger partial charge in [-0.3, -0.25) is 4.79 Å². The fourth-order valence-corrected chi connectivity index (χ4v) is 4.37. The van der Waals surface area contributed by atoms with Crippen molar-refractivity contribution in [3.8, 4) is 0 Å². The maximum atomic E-state index is 13.0. The second kappa shape index (κ2) is 9.14. The SMILES string of the molecule is CN(CC(C)(C)CN)C(=O)c1ccccc1S(=O)(=O)N1CCOCC1.Cl. The van der Waals surface area contributed by atoms with E-state index in [1.54, 1.807) is 25.2 Å². The minimum absolute atomic E-state index is 0. The molecule has 1 fully saturated rings. The topological polar surface area (TPSA) is 92.9 Å². The molecular weight excluding hydrogens is 378 g/mol. The molecule has 7 nitrogen and oxygen atoms in total. The van der Waals surface area contributed by atoms with Crippen molar-refractivity contribution in [1.29, 1.82) is 0 Å². The molecule has 0 aliphatic carbocycles. The van der Waals surface area contributed by atoms with Crippen molar-refractivity contribution in [2.45, 2.75) is 18.7 Å². The lowest BCUT2D eigenvalue weighted by atomic mass is 9.93. The number of benzene rings is 1. The third kappa shape index (κ3) is 5.17. The average Bonchev–Trinajstić information content (AvgIpc) is 2.61. The quantitative estimate of drug-likeness (QED) is 0.767. The van der Waals surface area contributed by atoms with Crippen LogP contribution in [-0.4, -0.2) is 70.0 Å². The molecule has 2 rings (SSSR count). The number of hydrogen-bond acceptors (Lipinski definition) is 5. The summed E-state index contributed by atoms with van der Waals surface area (Å²) < 4.78 is 32.5. The minimum Gasteiger partial charge on any atom is -0.379 e. The Bertz CT molecular complexity index is 718. The van der Waals surface area contributed by atoms with Crippen LogP contribution in [-0.2, 0) is 14.8 Å². The molecule has 1 amide bonds. The first-order chi connectivity index (χ1) is 11.7. The maximum Gasteiger partial charge on any atom is 0.254 e. The van der Waals surface area contributed by atoms with E-state index in [4.69, 9.17) is 10.5 Å². The van der Waals surface area contributed by atoms with Gasteiger partial charge in [0.25, 0.3) is 5.91 Å². The molecule has 1 aliphatic heterocycles. The number of halogens is 1. The Morgan fingerprint density at radius 3 is 2.42 bits per heavy atom. The summed E-state index contributed by atoms with van der Waals surface area (Å²) in [7, 11) is -2.07. The van der Waals surface area contributed by atoms with Crippen molar-refractivity contribution in [3.05, 3.63) is 29.8 Å². The van der Waals surface area contributed by atoms with E-state index in [9.17, 15) is 13.2 Å². The van der Waals surface area contributed by atoms with Crippen molar-refractivity contribution in [2.75, 3.05) is 46.4 Å². The third-order valence-corrected chi connectivity index (χ3v) is 6.23. The second-order valence-corrected chi connectivity index (χ2v) is 8.95. The molecule has 1 aliphatic rings. The second-order valence-electron chi connectivity index (χ2n) is 7.04. The van der Waals surface area contributed by atoms with Gasteiger partial charge in [0.05, 0.1) is 23.7 Å². The molecule has 148 valence electrons. The van der Waals surface area contributed by atoms with Crippen LogP contribution < -0.4 is 5.73 Å². The van der Waals surface area contributed by atoms with Crippen LogP contribution in [0.1, 0.15) is 24.2 Å². The van der Waals surface area contributed by atoms with Gasteiger partial charge < -0.3 is 15.4 Å². The third-order valence-electron chi connectivity index (χ3n) is 4.27. The van der Waals surface area contributed by atoms with Gasteiger partial charge >= 0.3 is 0 Å². The lowest BCUT2D eigenvalue weighted by Gasteiger charge is -2.30. The Hall–Kier alpha value is -1.19. The number of nitrogens with two attached hydrogens (primary N) is 1. The summed E-state index contributed by atoms with van der Waals surface area (Å²) in [4.78, 5) is 14.4. The van der Waals surface area contributed by atoms with Gasteiger partial charge in [-0.05, 0) is 24.1 Å². The molecule has 1 heterocycles. The van der Waals surface area contributed by atoms with Gasteiger partial charge in [0.2, 0.25) is 10.0 Å². The molecule has 26 heavy (non-hydrogen) atoms. The highest BCUT2D eigenvalue weighted by Crippen LogP contribution is 2.23. The van der Waals surface area contributed by atoms with E-state index in [1.165, 1.54) is 15.3 Å². The van der Waals surface area contributed by atoms with Crippen LogP contribution in [0.15, 0.2) is 29.2 Å². The largest absolute Gasteiger partial charge is 0.379 e. The first kappa shape index (κ1) is 22.9. The van der Waals surface area contributed by atoms with Gasteiger partial charge in [-0.25, -0.2) is 8.42 Å². The van der Waals surface area contributed by atoms with E-state index in [0.29, 0.717) is 39.4 Å². The van der Waals surface area contributed by atoms with Crippen molar-refractivity contribution >= 4 is 28.3 Å². The van der Waals surface area contributed by atoms with Crippen LogP contribution in [0, 0.1) is 5.41 Å². The number of amides is 1. The van der Waals surface area contributed by atoms with E-state index in [2.05, 4.69) is 0 Å². The van der Waals surface area contributed by atoms with Crippen LogP contribution in [0.25, 0.3) is 0 Å². The van der Waals surface area contributed by atoms with E-state index in [0.717, 1.165) is 0 Å². The molecule has 1 aromatic rings. The Morgan fingerprint density at radius 2 is 1.85 bits per heavy atom. The summed E-state index contributed by atoms with van der Waals surface area (Å²) in [5, 5.41) is 0. The number of rotatable bonds is 6. The Morgan fingerprint density at radius 1 is 1.27 bits per heavy atom. The van der Waals surface area contributed by atoms with Gasteiger partial charge in [-0.2, -0.15) is 4.31 Å². The fraction of sp³-hybridized carbons (Fsp3) is 0.588. The maximum absolute atomic E-state index is 13.0. The zero-order valence-corrected chi connectivity index (χ0v) is 17.1. The lowest BCUT2D eigenvalue weighted by molar-refractivity contribution is 0.0720. The lowest BCUT2D eigenvalue weighted by Crippen LogP contribution is -2.42. The highest BCUT2D eigenvalue weighted by Gasteiger charge is 2.31. The summed E-state index contributed by atoms with van der Waals surface area (Å²) in [6.07, 6.45) is 0. The van der Waals surface area contributed by atoms with Crippen molar-refractivity contribution in [2.24, 2.45) is 11.1 Å². The van der Waals surface area contributed by atoms with E-state index in [1.807, 2.05) is 13.8 Å². The number of morpholine rings is 1. The van der Waals surface area contributed by atoms with E-state index in [-0.39, 0.29) is 34.2 Å². The number of nitrogens with zero attached hydrogens (tertiary/aromatic N) is 2. The molecule has 0 aromatic heterocycles. The first-order valence-corrected chi connectivity index (χ1v) is 9.75. The van der Waals surface area contributed by atoms with Gasteiger partial charge in [-0.1, -0.05) is 26.0 Å². The van der Waals surface area contributed by atoms with Crippen LogP contribution >= 0.6 is 12.4 Å². The smallest absolute Gasteiger partial charge is 0.254 e.